The van der Waals surface area contributed by atoms with Gasteiger partial charge >= 0.3 is 5.97 Å². The topological polar surface area (TPSA) is 57.6 Å². The van der Waals surface area contributed by atoms with Crippen molar-refractivity contribution in [3.05, 3.63) is 35.6 Å². The normalized spacial score (nSPS) is 16.8. The number of hydrogen-bond acceptors (Lipinski definition) is 2. The van der Waals surface area contributed by atoms with Crippen molar-refractivity contribution < 1.29 is 19.1 Å². The van der Waals surface area contributed by atoms with Gasteiger partial charge < -0.3 is 10.0 Å². The average molecular weight is 265 g/mol. The first-order chi connectivity index (χ1) is 8.97. The van der Waals surface area contributed by atoms with Crippen LogP contribution in [0, 0.1) is 17.7 Å². The highest BCUT2D eigenvalue weighted by Crippen LogP contribution is 2.24. The van der Waals surface area contributed by atoms with E-state index in [1.807, 2.05) is 0 Å². The molecular weight excluding hydrogens is 249 g/mol. The lowest BCUT2D eigenvalue weighted by Gasteiger charge is -2.41. The summed E-state index contributed by atoms with van der Waals surface area (Å²) >= 11 is 0. The fraction of sp³-hybridized carbons (Fsp3) is 0.429. The van der Waals surface area contributed by atoms with E-state index >= 15 is 0 Å². The van der Waals surface area contributed by atoms with E-state index in [9.17, 15) is 14.0 Å². The minimum absolute atomic E-state index is 0.0367. The molecule has 5 heteroatoms. The van der Waals surface area contributed by atoms with Gasteiger partial charge in [-0.2, -0.15) is 0 Å². The molecule has 1 fully saturated rings. The van der Waals surface area contributed by atoms with Crippen molar-refractivity contribution >= 4 is 11.9 Å². The Morgan fingerprint density at radius 3 is 2.47 bits per heavy atom. The van der Waals surface area contributed by atoms with E-state index in [0.717, 1.165) is 5.56 Å². The molecule has 1 aliphatic rings. The van der Waals surface area contributed by atoms with E-state index in [4.69, 9.17) is 5.11 Å². The summed E-state index contributed by atoms with van der Waals surface area (Å²) in [5, 5.41) is 8.86. The molecule has 1 unspecified atom stereocenters. The van der Waals surface area contributed by atoms with Gasteiger partial charge in [-0.25, -0.2) is 4.39 Å². The second-order valence-electron chi connectivity index (χ2n) is 4.99. The lowest BCUT2D eigenvalue weighted by Crippen LogP contribution is -2.53. The Balaban J connectivity index is 1.83. The molecule has 0 aromatic heterocycles. The number of carboxylic acids is 1. The smallest absolute Gasteiger partial charge is 0.306 e. The lowest BCUT2D eigenvalue weighted by atomic mass is 9.87. The van der Waals surface area contributed by atoms with Crippen molar-refractivity contribution in [3.8, 4) is 0 Å². The van der Waals surface area contributed by atoms with Gasteiger partial charge in [0, 0.05) is 19.0 Å². The van der Waals surface area contributed by atoms with Gasteiger partial charge in [0.2, 0.25) is 5.91 Å². The Kier molecular flexibility index (Phi) is 3.83. The Morgan fingerprint density at radius 2 is 1.95 bits per heavy atom. The molecule has 1 aromatic rings. The Hall–Kier alpha value is -1.91. The van der Waals surface area contributed by atoms with Crippen molar-refractivity contribution in [2.24, 2.45) is 11.8 Å². The predicted octanol–water partition coefficient (Wildman–Crippen LogP) is 1.55. The molecule has 1 atom stereocenters. The maximum atomic E-state index is 12.7. The number of nitrogens with zero attached hydrogens (tertiary/aromatic N) is 1. The summed E-state index contributed by atoms with van der Waals surface area (Å²) in [6, 6.07) is 5.83. The summed E-state index contributed by atoms with van der Waals surface area (Å²) < 4.78 is 12.7. The summed E-state index contributed by atoms with van der Waals surface area (Å²) in [6.07, 6.45) is 0.231. The molecule has 19 heavy (non-hydrogen) atoms. The Labute approximate surface area is 110 Å². The van der Waals surface area contributed by atoms with Crippen LogP contribution in [0.4, 0.5) is 4.39 Å². The van der Waals surface area contributed by atoms with Gasteiger partial charge in [-0.05, 0) is 17.7 Å². The SMILES string of the molecule is CC(C(=O)O)C1CN(C(=O)Cc2ccc(F)cc2)C1. The van der Waals surface area contributed by atoms with Crippen molar-refractivity contribution in [2.75, 3.05) is 13.1 Å². The van der Waals surface area contributed by atoms with E-state index < -0.39 is 11.9 Å². The van der Waals surface area contributed by atoms with Crippen LogP contribution in [0.5, 0.6) is 0 Å². The molecule has 4 nitrogen and oxygen atoms in total. The van der Waals surface area contributed by atoms with Gasteiger partial charge in [-0.15, -0.1) is 0 Å². The lowest BCUT2D eigenvalue weighted by molar-refractivity contribution is -0.150. The van der Waals surface area contributed by atoms with Crippen LogP contribution in [0.2, 0.25) is 0 Å². The number of benzene rings is 1. The number of hydrogen-bond donors (Lipinski definition) is 1. The molecule has 102 valence electrons. The molecule has 1 amide bonds. The second-order valence-corrected chi connectivity index (χ2v) is 4.99. The number of likely N-dealkylation sites (tertiary alicyclic amines) is 1. The standard InChI is InChI=1S/C14H16FNO3/c1-9(14(18)19)11-7-16(8-11)13(17)6-10-2-4-12(15)5-3-10/h2-5,9,11H,6-8H2,1H3,(H,18,19). The fourth-order valence-electron chi connectivity index (χ4n) is 2.12. The molecule has 0 bridgehead atoms. The van der Waals surface area contributed by atoms with E-state index in [1.54, 1.807) is 24.0 Å². The van der Waals surface area contributed by atoms with Crippen LogP contribution in [0.1, 0.15) is 12.5 Å². The number of halogens is 1. The Bertz CT molecular complexity index is 480. The zero-order valence-corrected chi connectivity index (χ0v) is 10.7. The number of carboxylic acid groups (broad SMARTS) is 1. The van der Waals surface area contributed by atoms with E-state index in [2.05, 4.69) is 0 Å². The number of rotatable bonds is 4. The van der Waals surface area contributed by atoms with Gasteiger partial charge in [0.15, 0.2) is 0 Å². The van der Waals surface area contributed by atoms with Crippen LogP contribution in [0.3, 0.4) is 0 Å². The maximum Gasteiger partial charge on any atom is 0.306 e. The van der Waals surface area contributed by atoms with Crippen LogP contribution in [0.25, 0.3) is 0 Å². The van der Waals surface area contributed by atoms with E-state index in [1.165, 1.54) is 12.1 Å². The molecule has 1 aromatic carbocycles. The van der Waals surface area contributed by atoms with Crippen molar-refractivity contribution in [2.45, 2.75) is 13.3 Å². The van der Waals surface area contributed by atoms with Crippen LogP contribution in [-0.2, 0) is 16.0 Å². The summed E-state index contributed by atoms with van der Waals surface area (Å²) in [5.74, 6) is -1.57. The molecule has 2 rings (SSSR count). The quantitative estimate of drug-likeness (QED) is 0.898. The fourth-order valence-corrected chi connectivity index (χ4v) is 2.12. The van der Waals surface area contributed by atoms with Crippen molar-refractivity contribution in [3.63, 3.8) is 0 Å². The highest BCUT2D eigenvalue weighted by molar-refractivity contribution is 5.80. The molecule has 0 aliphatic carbocycles. The molecule has 0 saturated carbocycles. The number of carbonyl (C=O) groups is 2. The van der Waals surface area contributed by atoms with Gasteiger partial charge in [0.05, 0.1) is 12.3 Å². The highest BCUT2D eigenvalue weighted by atomic mass is 19.1. The largest absolute Gasteiger partial charge is 0.481 e. The predicted molar refractivity (Wildman–Crippen MR) is 67.0 cm³/mol. The first-order valence-corrected chi connectivity index (χ1v) is 6.22. The average Bonchev–Trinajstić information content (AvgIpc) is 2.30. The minimum atomic E-state index is -0.823. The van der Waals surface area contributed by atoms with Crippen LogP contribution < -0.4 is 0 Å². The number of carbonyl (C=O) groups excluding carboxylic acids is 1. The zero-order chi connectivity index (χ0) is 14.0. The molecule has 1 saturated heterocycles. The molecule has 1 heterocycles. The molecule has 1 aliphatic heterocycles. The minimum Gasteiger partial charge on any atom is -0.481 e. The molecule has 0 radical (unpaired) electrons. The number of aliphatic carboxylic acids is 1. The van der Waals surface area contributed by atoms with Gasteiger partial charge in [0.1, 0.15) is 5.82 Å². The Morgan fingerprint density at radius 1 is 1.37 bits per heavy atom. The zero-order valence-electron chi connectivity index (χ0n) is 10.7. The third-order valence-electron chi connectivity index (χ3n) is 3.63. The van der Waals surface area contributed by atoms with Gasteiger partial charge in [0.25, 0.3) is 0 Å². The summed E-state index contributed by atoms with van der Waals surface area (Å²) in [5.41, 5.74) is 0.765. The third-order valence-corrected chi connectivity index (χ3v) is 3.63. The van der Waals surface area contributed by atoms with Crippen molar-refractivity contribution in [1.29, 1.82) is 0 Å². The summed E-state index contributed by atoms with van der Waals surface area (Å²) in [4.78, 5) is 24.3. The monoisotopic (exact) mass is 265 g/mol. The van der Waals surface area contributed by atoms with Crippen LogP contribution >= 0.6 is 0 Å². The maximum absolute atomic E-state index is 12.7. The van der Waals surface area contributed by atoms with Gasteiger partial charge in [-0.1, -0.05) is 19.1 Å². The van der Waals surface area contributed by atoms with Gasteiger partial charge in [-0.3, -0.25) is 9.59 Å². The van der Waals surface area contributed by atoms with E-state index in [-0.39, 0.29) is 24.1 Å². The third kappa shape index (κ3) is 3.10. The first-order valence-electron chi connectivity index (χ1n) is 6.22. The molecular formula is C14H16FNO3. The molecule has 0 spiro atoms. The highest BCUT2D eigenvalue weighted by Gasteiger charge is 2.36. The number of amides is 1. The second kappa shape index (κ2) is 5.38. The first kappa shape index (κ1) is 13.5. The van der Waals surface area contributed by atoms with Crippen molar-refractivity contribution in [1.82, 2.24) is 4.90 Å². The van der Waals surface area contributed by atoms with Crippen LogP contribution in [0.15, 0.2) is 24.3 Å². The summed E-state index contributed by atoms with van der Waals surface area (Å²) in [6.45, 7) is 2.65. The molecule has 1 N–H and O–H groups in total. The van der Waals surface area contributed by atoms with E-state index in [0.29, 0.717) is 13.1 Å². The van der Waals surface area contributed by atoms with Crippen LogP contribution in [-0.4, -0.2) is 35.0 Å². The summed E-state index contributed by atoms with van der Waals surface area (Å²) in [7, 11) is 0.